The summed E-state index contributed by atoms with van der Waals surface area (Å²) in [6.45, 7) is 0. The van der Waals surface area contributed by atoms with Crippen molar-refractivity contribution in [3.05, 3.63) is 51.6 Å². The summed E-state index contributed by atoms with van der Waals surface area (Å²) < 4.78 is 26.2. The van der Waals surface area contributed by atoms with Crippen molar-refractivity contribution in [1.82, 2.24) is 4.98 Å². The minimum atomic E-state index is -1.36. The predicted octanol–water partition coefficient (Wildman–Crippen LogP) is 4.11. The van der Waals surface area contributed by atoms with Crippen LogP contribution in [0.2, 0.25) is 10.0 Å². The van der Waals surface area contributed by atoms with Gasteiger partial charge in [-0.1, -0.05) is 23.2 Å². The van der Waals surface area contributed by atoms with Gasteiger partial charge in [-0.2, -0.15) is 0 Å². The summed E-state index contributed by atoms with van der Waals surface area (Å²) in [5.74, 6) is -3.05. The number of hydrogen-bond donors (Lipinski definition) is 2. The second-order valence-corrected chi connectivity index (χ2v) is 4.55. The van der Waals surface area contributed by atoms with Gasteiger partial charge in [0.05, 0.1) is 16.2 Å². The topological polar surface area (TPSA) is 62.2 Å². The van der Waals surface area contributed by atoms with Gasteiger partial charge in [-0.05, 0) is 18.2 Å². The molecule has 0 saturated carbocycles. The zero-order valence-electron chi connectivity index (χ0n) is 9.62. The number of hydrogen-bond acceptors (Lipinski definition) is 3. The molecule has 0 unspecified atom stereocenters. The number of carbonyl (C=O) groups is 1. The summed E-state index contributed by atoms with van der Waals surface area (Å²) in [5, 5.41) is 11.1. The second-order valence-electron chi connectivity index (χ2n) is 3.73. The van der Waals surface area contributed by atoms with Crippen LogP contribution < -0.4 is 5.32 Å². The number of rotatable bonds is 3. The predicted molar refractivity (Wildman–Crippen MR) is 70.9 cm³/mol. The quantitative estimate of drug-likeness (QED) is 0.836. The van der Waals surface area contributed by atoms with Crippen molar-refractivity contribution in [3.63, 3.8) is 0 Å². The summed E-state index contributed by atoms with van der Waals surface area (Å²) in [7, 11) is 0. The number of nitrogens with one attached hydrogen (secondary N) is 1. The Bertz CT molecular complexity index is 672. The molecule has 2 rings (SSSR count). The van der Waals surface area contributed by atoms with Crippen LogP contribution >= 0.6 is 23.2 Å². The third kappa shape index (κ3) is 2.97. The van der Waals surface area contributed by atoms with Gasteiger partial charge in [0.1, 0.15) is 17.2 Å². The van der Waals surface area contributed by atoms with E-state index in [1.54, 1.807) is 0 Å². The fourth-order valence-corrected chi connectivity index (χ4v) is 1.95. The van der Waals surface area contributed by atoms with Crippen LogP contribution in [0.15, 0.2) is 24.4 Å². The Morgan fingerprint density at radius 2 is 1.80 bits per heavy atom. The highest BCUT2D eigenvalue weighted by Gasteiger charge is 2.14. The molecule has 4 nitrogen and oxygen atoms in total. The Morgan fingerprint density at radius 1 is 1.20 bits per heavy atom. The van der Waals surface area contributed by atoms with Crippen molar-refractivity contribution in [2.45, 2.75) is 0 Å². The molecule has 0 bridgehead atoms. The van der Waals surface area contributed by atoms with Crippen LogP contribution in [0, 0.1) is 11.6 Å². The van der Waals surface area contributed by atoms with Gasteiger partial charge >= 0.3 is 5.97 Å². The molecular weight excluding hydrogens is 313 g/mol. The zero-order valence-corrected chi connectivity index (χ0v) is 11.1. The van der Waals surface area contributed by atoms with Gasteiger partial charge in [0, 0.05) is 5.69 Å². The maximum absolute atomic E-state index is 13.3. The Morgan fingerprint density at radius 3 is 2.35 bits per heavy atom. The first-order valence-corrected chi connectivity index (χ1v) is 5.94. The summed E-state index contributed by atoms with van der Waals surface area (Å²) in [6.07, 6.45) is 0.849. The maximum atomic E-state index is 13.3. The molecule has 2 aromatic rings. The Hall–Kier alpha value is -1.92. The fraction of sp³-hybridized carbons (Fsp3) is 0. The highest BCUT2D eigenvalue weighted by molar-refractivity contribution is 6.35. The lowest BCUT2D eigenvalue weighted by Gasteiger charge is -2.10. The smallest absolute Gasteiger partial charge is 0.339 e. The first-order valence-electron chi connectivity index (χ1n) is 5.19. The monoisotopic (exact) mass is 318 g/mol. The Kier molecular flexibility index (Phi) is 4.06. The molecule has 20 heavy (non-hydrogen) atoms. The molecule has 0 aliphatic heterocycles. The average Bonchev–Trinajstić information content (AvgIpc) is 2.37. The number of aromatic carboxylic acids is 1. The van der Waals surface area contributed by atoms with Crippen molar-refractivity contribution in [3.8, 4) is 0 Å². The van der Waals surface area contributed by atoms with Gasteiger partial charge < -0.3 is 10.4 Å². The van der Waals surface area contributed by atoms with Gasteiger partial charge in [0.15, 0.2) is 5.82 Å². The number of halogens is 4. The first-order chi connectivity index (χ1) is 9.38. The number of pyridine rings is 1. The SMILES string of the molecule is O=C(O)c1cc(F)cnc1Nc1cc(Cl)c(F)c(Cl)c1. The minimum absolute atomic E-state index is 0.113. The third-order valence-electron chi connectivity index (χ3n) is 2.33. The normalized spacial score (nSPS) is 10.4. The summed E-state index contributed by atoms with van der Waals surface area (Å²) in [6, 6.07) is 3.23. The van der Waals surface area contributed by atoms with Crippen LogP contribution in [-0.4, -0.2) is 16.1 Å². The summed E-state index contributed by atoms with van der Waals surface area (Å²) in [4.78, 5) is 14.6. The number of aromatic nitrogens is 1. The van der Waals surface area contributed by atoms with Crippen molar-refractivity contribution >= 4 is 40.7 Å². The number of carboxylic acid groups (broad SMARTS) is 1. The van der Waals surface area contributed by atoms with Crippen LogP contribution in [0.25, 0.3) is 0 Å². The van der Waals surface area contributed by atoms with Crippen molar-refractivity contribution in [2.24, 2.45) is 0 Å². The van der Waals surface area contributed by atoms with Crippen molar-refractivity contribution in [2.75, 3.05) is 5.32 Å². The highest BCUT2D eigenvalue weighted by Crippen LogP contribution is 2.29. The maximum Gasteiger partial charge on any atom is 0.339 e. The number of carboxylic acids is 1. The minimum Gasteiger partial charge on any atom is -0.478 e. The molecule has 8 heteroatoms. The number of benzene rings is 1. The number of anilines is 2. The highest BCUT2D eigenvalue weighted by atomic mass is 35.5. The van der Waals surface area contributed by atoms with E-state index in [1.165, 1.54) is 12.1 Å². The Labute approximate surface area is 122 Å². The molecule has 0 amide bonds. The van der Waals surface area contributed by atoms with E-state index in [2.05, 4.69) is 10.3 Å². The van der Waals surface area contributed by atoms with Crippen molar-refractivity contribution < 1.29 is 18.7 Å². The largest absolute Gasteiger partial charge is 0.478 e. The molecule has 1 aromatic heterocycles. The lowest BCUT2D eigenvalue weighted by molar-refractivity contribution is 0.0697. The van der Waals surface area contributed by atoms with E-state index in [9.17, 15) is 13.6 Å². The van der Waals surface area contributed by atoms with E-state index in [4.69, 9.17) is 28.3 Å². The molecule has 104 valence electrons. The van der Waals surface area contributed by atoms with Gasteiger partial charge in [0.2, 0.25) is 0 Å². The standard InChI is InChI=1S/C12H6Cl2F2N2O2/c13-8-2-6(3-9(14)10(8)16)18-11-7(12(19)20)1-5(15)4-17-11/h1-4H,(H,17,18)(H,19,20). The molecule has 1 heterocycles. The first kappa shape index (κ1) is 14.5. The molecule has 0 fully saturated rings. The van der Waals surface area contributed by atoms with E-state index >= 15 is 0 Å². The molecule has 0 saturated heterocycles. The fourth-order valence-electron chi connectivity index (χ4n) is 1.47. The van der Waals surface area contributed by atoms with Crippen LogP contribution in [0.1, 0.15) is 10.4 Å². The molecule has 0 radical (unpaired) electrons. The second kappa shape index (κ2) is 5.60. The molecule has 1 aromatic carbocycles. The van der Waals surface area contributed by atoms with Crippen LogP contribution in [0.4, 0.5) is 20.3 Å². The lowest BCUT2D eigenvalue weighted by atomic mass is 10.2. The molecule has 2 N–H and O–H groups in total. The van der Waals surface area contributed by atoms with Crippen LogP contribution in [0.5, 0.6) is 0 Å². The van der Waals surface area contributed by atoms with Gasteiger partial charge in [-0.15, -0.1) is 0 Å². The van der Waals surface area contributed by atoms with Gasteiger partial charge in [-0.3, -0.25) is 0 Å². The third-order valence-corrected chi connectivity index (χ3v) is 2.88. The summed E-state index contributed by atoms with van der Waals surface area (Å²) in [5.41, 5.74) is -0.149. The molecule has 0 aliphatic carbocycles. The molecule has 0 atom stereocenters. The molecular formula is C12H6Cl2F2N2O2. The Balaban J connectivity index is 2.42. The molecule has 0 aliphatic rings. The van der Waals surface area contributed by atoms with Crippen molar-refractivity contribution in [1.29, 1.82) is 0 Å². The summed E-state index contributed by atoms with van der Waals surface area (Å²) >= 11 is 11.2. The zero-order chi connectivity index (χ0) is 14.9. The van der Waals surface area contributed by atoms with Gasteiger partial charge in [0.25, 0.3) is 0 Å². The van der Waals surface area contributed by atoms with Gasteiger partial charge in [-0.25, -0.2) is 18.6 Å². The molecule has 0 spiro atoms. The average molecular weight is 319 g/mol. The van der Waals surface area contributed by atoms with E-state index in [-0.39, 0.29) is 27.1 Å². The van der Waals surface area contributed by atoms with E-state index in [1.807, 2.05) is 0 Å². The van der Waals surface area contributed by atoms with Crippen LogP contribution in [-0.2, 0) is 0 Å². The van der Waals surface area contributed by atoms with E-state index < -0.39 is 17.6 Å². The lowest BCUT2D eigenvalue weighted by Crippen LogP contribution is -2.05. The van der Waals surface area contributed by atoms with E-state index in [0.717, 1.165) is 12.3 Å². The number of nitrogens with zero attached hydrogens (tertiary/aromatic N) is 1. The van der Waals surface area contributed by atoms with E-state index in [0.29, 0.717) is 0 Å². The van der Waals surface area contributed by atoms with Crippen LogP contribution in [0.3, 0.4) is 0 Å².